The monoisotopic (exact) mass is 289 g/mol. The third-order valence-corrected chi connectivity index (χ3v) is 3.14. The molecule has 1 saturated heterocycles. The summed E-state index contributed by atoms with van der Waals surface area (Å²) < 4.78 is 43.0. The summed E-state index contributed by atoms with van der Waals surface area (Å²) in [7, 11) is 0. The van der Waals surface area contributed by atoms with E-state index in [9.17, 15) is 23.1 Å². The van der Waals surface area contributed by atoms with Crippen molar-refractivity contribution in [2.75, 3.05) is 26.4 Å². The Hall–Kier alpha value is -1.60. The fourth-order valence-corrected chi connectivity index (χ4v) is 2.07. The lowest BCUT2D eigenvalue weighted by Crippen LogP contribution is -2.50. The molecule has 20 heavy (non-hydrogen) atoms. The van der Waals surface area contributed by atoms with Crippen LogP contribution in [0.4, 0.5) is 13.2 Å². The van der Waals surface area contributed by atoms with E-state index in [0.29, 0.717) is 6.61 Å². The third kappa shape index (κ3) is 3.10. The Morgan fingerprint density at radius 1 is 1.45 bits per heavy atom. The summed E-state index contributed by atoms with van der Waals surface area (Å²) in [6.07, 6.45) is -4.49. The Kier molecular flexibility index (Phi) is 4.29. The molecular weight excluding hydrogens is 275 g/mol. The number of benzene rings is 1. The van der Waals surface area contributed by atoms with E-state index in [2.05, 4.69) is 0 Å². The van der Waals surface area contributed by atoms with Gasteiger partial charge in [-0.25, -0.2) is 0 Å². The lowest BCUT2D eigenvalue weighted by Gasteiger charge is -2.34. The van der Waals surface area contributed by atoms with Crippen LogP contribution >= 0.6 is 0 Å². The summed E-state index contributed by atoms with van der Waals surface area (Å²) in [6.45, 7) is 0.452. The van der Waals surface area contributed by atoms with E-state index < -0.39 is 23.7 Å². The van der Waals surface area contributed by atoms with E-state index in [4.69, 9.17) is 4.74 Å². The van der Waals surface area contributed by atoms with Gasteiger partial charge in [-0.2, -0.15) is 13.2 Å². The summed E-state index contributed by atoms with van der Waals surface area (Å²) in [5.74, 6) is -0.529. The van der Waals surface area contributed by atoms with Gasteiger partial charge in [0.2, 0.25) is 0 Å². The van der Waals surface area contributed by atoms with Crippen molar-refractivity contribution >= 4 is 5.91 Å². The first-order chi connectivity index (χ1) is 9.43. The standard InChI is InChI=1S/C13H14F3NO3/c14-13(15,16)10-3-1-2-9(6-10)12(19)17-4-5-20-8-11(17)7-18/h1-3,6,11,18H,4-5,7-8H2/t11-/m1/s1. The van der Waals surface area contributed by atoms with Crippen molar-refractivity contribution in [1.82, 2.24) is 4.90 Å². The molecule has 1 aliphatic rings. The number of ether oxygens (including phenoxy) is 1. The molecule has 0 unspecified atom stereocenters. The Bertz CT molecular complexity index is 490. The molecule has 1 fully saturated rings. The van der Waals surface area contributed by atoms with Crippen LogP contribution in [-0.2, 0) is 10.9 Å². The van der Waals surface area contributed by atoms with Gasteiger partial charge in [-0.05, 0) is 18.2 Å². The number of nitrogens with zero attached hydrogens (tertiary/aromatic N) is 1. The van der Waals surface area contributed by atoms with Crippen molar-refractivity contribution < 1.29 is 27.8 Å². The number of morpholine rings is 1. The number of rotatable bonds is 2. The molecule has 0 aromatic heterocycles. The molecule has 1 amide bonds. The predicted molar refractivity (Wildman–Crippen MR) is 64.2 cm³/mol. The summed E-state index contributed by atoms with van der Waals surface area (Å²) in [5.41, 5.74) is -0.905. The molecule has 1 atom stereocenters. The van der Waals surface area contributed by atoms with Crippen LogP contribution in [0.15, 0.2) is 24.3 Å². The van der Waals surface area contributed by atoms with Gasteiger partial charge >= 0.3 is 6.18 Å². The van der Waals surface area contributed by atoms with Gasteiger partial charge in [-0.1, -0.05) is 6.07 Å². The highest BCUT2D eigenvalue weighted by Gasteiger charge is 2.32. The number of aliphatic hydroxyl groups is 1. The number of carbonyl (C=O) groups excluding carboxylic acids is 1. The van der Waals surface area contributed by atoms with Crippen LogP contribution < -0.4 is 0 Å². The van der Waals surface area contributed by atoms with Gasteiger partial charge in [0, 0.05) is 12.1 Å². The molecule has 1 aromatic carbocycles. The van der Waals surface area contributed by atoms with Gasteiger partial charge in [0.25, 0.3) is 5.91 Å². The first kappa shape index (κ1) is 14.8. The zero-order valence-electron chi connectivity index (χ0n) is 10.6. The van der Waals surface area contributed by atoms with Crippen LogP contribution in [0.2, 0.25) is 0 Å². The molecule has 1 aromatic rings. The Morgan fingerprint density at radius 2 is 2.20 bits per heavy atom. The van der Waals surface area contributed by atoms with Gasteiger partial charge in [0.1, 0.15) is 0 Å². The predicted octanol–water partition coefficient (Wildman–Crippen LogP) is 1.54. The van der Waals surface area contributed by atoms with E-state index >= 15 is 0 Å². The van der Waals surface area contributed by atoms with Gasteiger partial charge in [-0.3, -0.25) is 4.79 Å². The van der Waals surface area contributed by atoms with Gasteiger partial charge in [0.15, 0.2) is 0 Å². The van der Waals surface area contributed by atoms with E-state index in [1.165, 1.54) is 17.0 Å². The smallest absolute Gasteiger partial charge is 0.394 e. The average molecular weight is 289 g/mol. The maximum Gasteiger partial charge on any atom is 0.416 e. The molecule has 1 N–H and O–H groups in total. The maximum atomic E-state index is 12.6. The quantitative estimate of drug-likeness (QED) is 0.898. The summed E-state index contributed by atoms with van der Waals surface area (Å²) in [5, 5.41) is 9.19. The second-order valence-electron chi connectivity index (χ2n) is 4.49. The van der Waals surface area contributed by atoms with E-state index in [-0.39, 0.29) is 25.3 Å². The number of carbonyl (C=O) groups is 1. The topological polar surface area (TPSA) is 49.8 Å². The minimum atomic E-state index is -4.49. The molecule has 0 aliphatic carbocycles. The van der Waals surface area contributed by atoms with Gasteiger partial charge in [-0.15, -0.1) is 0 Å². The zero-order chi connectivity index (χ0) is 14.8. The van der Waals surface area contributed by atoms with Crippen LogP contribution in [0.1, 0.15) is 15.9 Å². The molecule has 0 bridgehead atoms. The number of hydrogen-bond acceptors (Lipinski definition) is 3. The van der Waals surface area contributed by atoms with E-state index in [1.54, 1.807) is 0 Å². The van der Waals surface area contributed by atoms with Crippen molar-refractivity contribution in [2.24, 2.45) is 0 Å². The minimum absolute atomic E-state index is 0.0415. The summed E-state index contributed by atoms with van der Waals surface area (Å²) in [4.78, 5) is 13.6. The van der Waals surface area contributed by atoms with Crippen LogP contribution in [-0.4, -0.2) is 48.3 Å². The SMILES string of the molecule is O=C(c1cccc(C(F)(F)F)c1)N1CCOC[C@H]1CO. The molecule has 0 saturated carbocycles. The van der Waals surface area contributed by atoms with Crippen LogP contribution in [0, 0.1) is 0 Å². The average Bonchev–Trinajstić information content (AvgIpc) is 2.45. The summed E-state index contributed by atoms with van der Waals surface area (Å²) in [6, 6.07) is 3.75. The molecule has 4 nitrogen and oxygen atoms in total. The van der Waals surface area contributed by atoms with Gasteiger partial charge < -0.3 is 14.7 Å². The zero-order valence-corrected chi connectivity index (χ0v) is 10.6. The second-order valence-corrected chi connectivity index (χ2v) is 4.49. The highest BCUT2D eigenvalue weighted by molar-refractivity contribution is 5.94. The van der Waals surface area contributed by atoms with Crippen LogP contribution in [0.3, 0.4) is 0 Å². The first-order valence-electron chi connectivity index (χ1n) is 6.10. The molecule has 110 valence electrons. The van der Waals surface area contributed by atoms with Crippen molar-refractivity contribution in [3.8, 4) is 0 Å². The van der Waals surface area contributed by atoms with Crippen molar-refractivity contribution in [1.29, 1.82) is 0 Å². The molecular formula is C13H14F3NO3. The lowest BCUT2D eigenvalue weighted by atomic mass is 10.1. The van der Waals surface area contributed by atoms with Crippen LogP contribution in [0.5, 0.6) is 0 Å². The Morgan fingerprint density at radius 3 is 2.85 bits per heavy atom. The fourth-order valence-electron chi connectivity index (χ4n) is 2.07. The van der Waals surface area contributed by atoms with Gasteiger partial charge in [0.05, 0.1) is 31.4 Å². The largest absolute Gasteiger partial charge is 0.416 e. The van der Waals surface area contributed by atoms with Crippen molar-refractivity contribution in [3.05, 3.63) is 35.4 Å². The number of amides is 1. The first-order valence-corrected chi connectivity index (χ1v) is 6.10. The lowest BCUT2D eigenvalue weighted by molar-refractivity contribution is -0.137. The van der Waals surface area contributed by atoms with Crippen LogP contribution in [0.25, 0.3) is 0 Å². The normalized spacial score (nSPS) is 20.0. The third-order valence-electron chi connectivity index (χ3n) is 3.14. The minimum Gasteiger partial charge on any atom is -0.394 e. The molecule has 2 rings (SSSR count). The van der Waals surface area contributed by atoms with Crippen molar-refractivity contribution in [3.63, 3.8) is 0 Å². The number of alkyl halides is 3. The highest BCUT2D eigenvalue weighted by atomic mass is 19.4. The molecule has 1 aliphatic heterocycles. The second kappa shape index (κ2) is 5.80. The molecule has 0 radical (unpaired) electrons. The molecule has 7 heteroatoms. The van der Waals surface area contributed by atoms with Crippen molar-refractivity contribution in [2.45, 2.75) is 12.2 Å². The van der Waals surface area contributed by atoms with E-state index in [1.807, 2.05) is 0 Å². The number of aliphatic hydroxyl groups excluding tert-OH is 1. The molecule has 1 heterocycles. The summed E-state index contributed by atoms with van der Waals surface area (Å²) >= 11 is 0. The maximum absolute atomic E-state index is 12.6. The van der Waals surface area contributed by atoms with E-state index in [0.717, 1.165) is 12.1 Å². The molecule has 0 spiro atoms. The highest BCUT2D eigenvalue weighted by Crippen LogP contribution is 2.30. The Labute approximate surface area is 113 Å². The number of hydrogen-bond donors (Lipinski definition) is 1. The Balaban J connectivity index is 2.24. The number of halogens is 3. The fraction of sp³-hybridized carbons (Fsp3) is 0.462.